The number of fused-ring (bicyclic) bond motifs is 1. The molecule has 3 atom stereocenters. The third-order valence-electron chi connectivity index (χ3n) is 8.62. The van der Waals surface area contributed by atoms with Gasteiger partial charge < -0.3 is 25.4 Å². The number of hydrogen-bond acceptors (Lipinski definition) is 9. The number of amides is 2. The van der Waals surface area contributed by atoms with Crippen LogP contribution in [0.3, 0.4) is 0 Å². The summed E-state index contributed by atoms with van der Waals surface area (Å²) < 4.78 is 54.8. The number of nitrogens with two attached hydrogens (primary N) is 1. The van der Waals surface area contributed by atoms with Gasteiger partial charge in [-0.3, -0.25) is 9.69 Å². The van der Waals surface area contributed by atoms with E-state index in [-0.39, 0.29) is 62.4 Å². The molecule has 2 saturated heterocycles. The Morgan fingerprint density at radius 3 is 2.64 bits per heavy atom. The molecule has 3 aromatic rings. The van der Waals surface area contributed by atoms with Crippen LogP contribution >= 0.6 is 0 Å². The third kappa shape index (κ3) is 6.10. The summed E-state index contributed by atoms with van der Waals surface area (Å²) in [5.41, 5.74) is 8.56. The fourth-order valence-electron chi connectivity index (χ4n) is 5.86. The Bertz CT molecular complexity index is 1550. The van der Waals surface area contributed by atoms with E-state index in [1.165, 1.54) is 24.5 Å². The summed E-state index contributed by atoms with van der Waals surface area (Å²) >= 11 is 0. The van der Waals surface area contributed by atoms with Gasteiger partial charge in [0.25, 0.3) is 11.8 Å². The molecule has 15 heteroatoms. The summed E-state index contributed by atoms with van der Waals surface area (Å²) in [5, 5.41) is 7.03. The first-order valence-electron chi connectivity index (χ1n) is 14.7. The number of nitrogens with one attached hydrogen (secondary N) is 1. The zero-order valence-electron chi connectivity index (χ0n) is 24.5. The maximum absolute atomic E-state index is 15.0. The molecule has 2 aliphatic heterocycles. The Balaban J connectivity index is 1.22. The lowest BCUT2D eigenvalue weighted by Crippen LogP contribution is -2.42. The van der Waals surface area contributed by atoms with Crippen molar-refractivity contribution in [2.45, 2.75) is 63.4 Å². The largest absolute Gasteiger partial charge is 0.480 e. The molecule has 12 nitrogen and oxygen atoms in total. The topological polar surface area (TPSA) is 140 Å². The second-order valence-electron chi connectivity index (χ2n) is 11.8. The van der Waals surface area contributed by atoms with Gasteiger partial charge in [-0.25, -0.2) is 32.4 Å². The number of nitrogen functional groups attached to an aromatic ring is 1. The van der Waals surface area contributed by atoms with Gasteiger partial charge in [0.2, 0.25) is 5.88 Å². The van der Waals surface area contributed by atoms with Crippen LogP contribution in [0.15, 0.2) is 24.7 Å². The Hall–Kier alpha value is -4.14. The molecular formula is C29H35F3N8O4. The van der Waals surface area contributed by atoms with Crippen molar-refractivity contribution >= 4 is 23.3 Å². The first-order chi connectivity index (χ1) is 21.0. The molecule has 1 aliphatic carbocycles. The molecule has 0 spiro atoms. The number of hydrogen-bond donors (Lipinski definition) is 2. The number of ether oxygens (including phenoxy) is 2. The smallest absolute Gasteiger partial charge is 0.410 e. The number of pyridine rings is 1. The summed E-state index contributed by atoms with van der Waals surface area (Å²) in [6.45, 7) is 2.41. The highest BCUT2D eigenvalue weighted by atomic mass is 19.3. The van der Waals surface area contributed by atoms with E-state index in [1.54, 1.807) is 10.6 Å². The number of likely N-dealkylation sites (tertiary alicyclic amines) is 2. The molecule has 0 radical (unpaired) electrons. The van der Waals surface area contributed by atoms with E-state index in [1.807, 2.05) is 17.9 Å². The minimum Gasteiger partial charge on any atom is -0.480 e. The number of alkyl halides is 3. The first-order valence-corrected chi connectivity index (χ1v) is 14.7. The summed E-state index contributed by atoms with van der Waals surface area (Å²) in [7, 11) is 1.37. The first kappa shape index (κ1) is 29.9. The van der Waals surface area contributed by atoms with Crippen LogP contribution in [0.4, 0.5) is 23.8 Å². The summed E-state index contributed by atoms with van der Waals surface area (Å²) in [6, 6.07) is 2.42. The zero-order valence-corrected chi connectivity index (χ0v) is 24.5. The van der Waals surface area contributed by atoms with Crippen molar-refractivity contribution in [1.82, 2.24) is 34.7 Å². The molecule has 1 unspecified atom stereocenters. The van der Waals surface area contributed by atoms with Gasteiger partial charge in [-0.05, 0) is 43.4 Å². The Labute approximate surface area is 251 Å². The van der Waals surface area contributed by atoms with Crippen LogP contribution in [0.5, 0.6) is 5.88 Å². The number of methoxy groups -OCH3 is 1. The fraction of sp³-hybridized carbons (Fsp3) is 0.552. The average molecular weight is 617 g/mol. The average Bonchev–Trinajstić information content (AvgIpc) is 3.70. The molecule has 3 fully saturated rings. The van der Waals surface area contributed by atoms with Crippen LogP contribution < -0.4 is 15.8 Å². The minimum absolute atomic E-state index is 0.0265. The lowest BCUT2D eigenvalue weighted by atomic mass is 10.1. The van der Waals surface area contributed by atoms with Gasteiger partial charge in [0.15, 0.2) is 5.82 Å². The van der Waals surface area contributed by atoms with E-state index in [9.17, 15) is 22.8 Å². The third-order valence-corrected chi connectivity index (χ3v) is 8.62. The molecule has 44 heavy (non-hydrogen) atoms. The second kappa shape index (κ2) is 11.7. The number of carbonyl (C=O) groups is 2. The van der Waals surface area contributed by atoms with Crippen molar-refractivity contribution < 1.29 is 32.2 Å². The quantitative estimate of drug-likeness (QED) is 0.390. The summed E-state index contributed by atoms with van der Waals surface area (Å²) in [6.07, 6.45) is 2.05. The van der Waals surface area contributed by atoms with Crippen molar-refractivity contribution in [3.63, 3.8) is 0 Å². The number of piperidine rings is 1. The Morgan fingerprint density at radius 2 is 1.93 bits per heavy atom. The van der Waals surface area contributed by atoms with Gasteiger partial charge in [-0.15, -0.1) is 0 Å². The molecule has 3 N–H and O–H groups in total. The predicted octanol–water partition coefficient (Wildman–Crippen LogP) is 3.30. The van der Waals surface area contributed by atoms with Crippen LogP contribution in [0.2, 0.25) is 0 Å². The van der Waals surface area contributed by atoms with Crippen molar-refractivity contribution in [2.24, 2.45) is 5.92 Å². The number of anilines is 1. The Morgan fingerprint density at radius 1 is 1.18 bits per heavy atom. The molecule has 3 aliphatic rings. The van der Waals surface area contributed by atoms with Crippen LogP contribution in [0, 0.1) is 5.92 Å². The number of rotatable bonds is 8. The van der Waals surface area contributed by atoms with Gasteiger partial charge in [-0.2, -0.15) is 5.10 Å². The highest BCUT2D eigenvalue weighted by Gasteiger charge is 2.40. The maximum Gasteiger partial charge on any atom is 0.410 e. The van der Waals surface area contributed by atoms with E-state index in [0.29, 0.717) is 29.2 Å². The molecule has 6 rings (SSSR count). The number of carbonyl (C=O) groups excluding carboxylic acids is 2. The predicted molar refractivity (Wildman–Crippen MR) is 153 cm³/mol. The van der Waals surface area contributed by atoms with Crippen LogP contribution in [-0.2, 0) is 11.3 Å². The van der Waals surface area contributed by atoms with Crippen LogP contribution in [0.1, 0.15) is 48.5 Å². The van der Waals surface area contributed by atoms with E-state index < -0.39 is 30.1 Å². The number of nitrogens with zero attached hydrogens (tertiary/aromatic N) is 6. The maximum atomic E-state index is 15.0. The van der Waals surface area contributed by atoms with Crippen molar-refractivity contribution in [1.29, 1.82) is 0 Å². The molecule has 3 aromatic heterocycles. The minimum atomic E-state index is -2.67. The highest BCUT2D eigenvalue weighted by Crippen LogP contribution is 2.35. The molecule has 1 saturated carbocycles. The highest BCUT2D eigenvalue weighted by molar-refractivity contribution is 5.98. The van der Waals surface area contributed by atoms with E-state index in [2.05, 4.69) is 20.4 Å². The van der Waals surface area contributed by atoms with Crippen LogP contribution in [-0.4, -0.2) is 98.9 Å². The normalized spacial score (nSPS) is 22.6. The zero-order chi connectivity index (χ0) is 31.2. The molecular weight excluding hydrogens is 581 g/mol. The van der Waals surface area contributed by atoms with Gasteiger partial charge >= 0.3 is 6.09 Å². The Kier molecular flexibility index (Phi) is 7.99. The van der Waals surface area contributed by atoms with Crippen molar-refractivity contribution in [3.05, 3.63) is 35.8 Å². The molecule has 236 valence electrons. The van der Waals surface area contributed by atoms with Gasteiger partial charge in [0, 0.05) is 50.8 Å². The van der Waals surface area contributed by atoms with Crippen molar-refractivity contribution in [2.75, 3.05) is 39.0 Å². The summed E-state index contributed by atoms with van der Waals surface area (Å²) in [4.78, 5) is 37.6. The standard InChI is InChI=1S/C29H35F3N8O4/c1-16(17-3-4-17)44-28(42)39-13-21(30)22(14-39)37-26(41)20-9-18(11-34-27(20)43-2)23-10-19(24-25(33)35-15-36-40(23)24)12-38-7-5-29(31,32)6-8-38/h9-11,15-17,21-22H,3-8,12-14H2,1-2H3,(H,37,41)(H2,33,35,36)/t16?,21-,22+/m0/s1. The monoisotopic (exact) mass is 616 g/mol. The van der Waals surface area contributed by atoms with E-state index in [4.69, 9.17) is 15.2 Å². The number of halogens is 3. The van der Waals surface area contributed by atoms with E-state index >= 15 is 0 Å². The van der Waals surface area contributed by atoms with E-state index in [0.717, 1.165) is 18.4 Å². The van der Waals surface area contributed by atoms with Crippen LogP contribution in [0.25, 0.3) is 16.8 Å². The van der Waals surface area contributed by atoms with Gasteiger partial charge in [-0.1, -0.05) is 0 Å². The lowest BCUT2D eigenvalue weighted by molar-refractivity contribution is -0.0565. The van der Waals surface area contributed by atoms with Gasteiger partial charge in [0.1, 0.15) is 29.7 Å². The fourth-order valence-corrected chi connectivity index (χ4v) is 5.86. The molecule has 2 amide bonds. The lowest BCUT2D eigenvalue weighted by Gasteiger charge is -2.31. The van der Waals surface area contributed by atoms with Gasteiger partial charge in [0.05, 0.1) is 25.4 Å². The molecule has 0 aromatic carbocycles. The molecule has 5 heterocycles. The molecule has 0 bridgehead atoms. The second-order valence-corrected chi connectivity index (χ2v) is 11.8. The van der Waals surface area contributed by atoms with Crippen molar-refractivity contribution in [3.8, 4) is 17.1 Å². The summed E-state index contributed by atoms with van der Waals surface area (Å²) in [5.74, 6) is -2.71. The number of aromatic nitrogens is 4. The SMILES string of the molecule is COc1ncc(-c2cc(CN3CCC(F)(F)CC3)c3c(N)ncnn23)cc1C(=O)N[C@@H]1CN(C(=O)OC(C)C2CC2)C[C@@H]1F.